The maximum absolute atomic E-state index is 13.4. The van der Waals surface area contributed by atoms with Crippen molar-refractivity contribution in [3.05, 3.63) is 58.1 Å². The van der Waals surface area contributed by atoms with Crippen LogP contribution in [0.1, 0.15) is 38.7 Å². The highest BCUT2D eigenvalue weighted by Crippen LogP contribution is 2.31. The number of amides is 2. The lowest BCUT2D eigenvalue weighted by Crippen LogP contribution is -2.49. The minimum atomic E-state index is -3.68. The van der Waals surface area contributed by atoms with Gasteiger partial charge in [0.2, 0.25) is 21.8 Å². The highest BCUT2D eigenvalue weighted by molar-refractivity contribution is 7.92. The van der Waals surface area contributed by atoms with E-state index >= 15 is 0 Å². The average Bonchev–Trinajstić information content (AvgIpc) is 2.83. The van der Waals surface area contributed by atoms with Crippen LogP contribution in [0.15, 0.2) is 42.5 Å². The second-order valence-corrected chi connectivity index (χ2v) is 11.0. The lowest BCUT2D eigenvalue weighted by atomic mass is 10.1. The van der Waals surface area contributed by atoms with Crippen LogP contribution in [0, 0.1) is 0 Å². The van der Waals surface area contributed by atoms with Gasteiger partial charge in [0.1, 0.15) is 11.8 Å². The van der Waals surface area contributed by atoms with Gasteiger partial charge in [0.15, 0.2) is 0 Å². The zero-order chi connectivity index (χ0) is 26.9. The summed E-state index contributed by atoms with van der Waals surface area (Å²) in [5.41, 5.74) is 1.10. The van der Waals surface area contributed by atoms with E-state index in [4.69, 9.17) is 27.9 Å². The summed E-state index contributed by atoms with van der Waals surface area (Å²) in [6.45, 7) is 4.37. The zero-order valence-electron chi connectivity index (χ0n) is 21.0. The Labute approximate surface area is 223 Å². The van der Waals surface area contributed by atoms with Gasteiger partial charge >= 0.3 is 0 Å². The summed E-state index contributed by atoms with van der Waals surface area (Å²) in [7, 11) is -2.11. The van der Waals surface area contributed by atoms with Crippen LogP contribution >= 0.6 is 23.2 Å². The fourth-order valence-corrected chi connectivity index (χ4v) is 5.20. The van der Waals surface area contributed by atoms with Crippen molar-refractivity contribution in [1.29, 1.82) is 0 Å². The quantitative estimate of drug-likeness (QED) is 0.391. The number of likely N-dealkylation sites (N-methyl/N-ethyl adjacent to an activating group) is 1. The van der Waals surface area contributed by atoms with Gasteiger partial charge in [-0.3, -0.25) is 13.9 Å². The van der Waals surface area contributed by atoms with Crippen molar-refractivity contribution < 1.29 is 22.7 Å². The van der Waals surface area contributed by atoms with Gasteiger partial charge in [0, 0.05) is 31.1 Å². The van der Waals surface area contributed by atoms with Gasteiger partial charge in [-0.1, -0.05) is 42.3 Å². The summed E-state index contributed by atoms with van der Waals surface area (Å²) in [5, 5.41) is 3.38. The van der Waals surface area contributed by atoms with E-state index in [9.17, 15) is 18.0 Å². The van der Waals surface area contributed by atoms with Crippen LogP contribution in [0.5, 0.6) is 5.75 Å². The molecule has 36 heavy (non-hydrogen) atoms. The summed E-state index contributed by atoms with van der Waals surface area (Å²) >= 11 is 12.3. The number of carbonyl (C=O) groups is 2. The van der Waals surface area contributed by atoms with Gasteiger partial charge in [0.05, 0.1) is 24.1 Å². The molecule has 2 amide bonds. The number of benzene rings is 2. The van der Waals surface area contributed by atoms with Crippen molar-refractivity contribution >= 4 is 50.7 Å². The molecule has 0 aromatic heterocycles. The minimum absolute atomic E-state index is 0.0267. The summed E-state index contributed by atoms with van der Waals surface area (Å²) in [6, 6.07) is 11.2. The summed E-state index contributed by atoms with van der Waals surface area (Å²) in [6.07, 6.45) is 1.77. The fraction of sp³-hybridized carbons (Fsp3) is 0.440. The molecule has 8 nitrogen and oxygen atoms in total. The topological polar surface area (TPSA) is 96.0 Å². The number of hydrogen-bond acceptors (Lipinski definition) is 5. The molecule has 0 saturated carbocycles. The van der Waals surface area contributed by atoms with Gasteiger partial charge in [-0.05, 0) is 55.7 Å². The van der Waals surface area contributed by atoms with E-state index in [1.165, 1.54) is 12.1 Å². The minimum Gasteiger partial charge on any atom is -0.497 e. The molecular weight excluding hydrogens is 525 g/mol. The van der Waals surface area contributed by atoms with Crippen LogP contribution in [0.4, 0.5) is 5.69 Å². The number of ether oxygens (including phenoxy) is 1. The van der Waals surface area contributed by atoms with Crippen molar-refractivity contribution in [2.45, 2.75) is 45.7 Å². The molecule has 1 N–H and O–H groups in total. The number of anilines is 1. The SMILES string of the molecule is CCNC(=O)C(CC)N(Cc1ccc(OC)cc1)C(=O)CCCN(c1cc(Cl)ccc1Cl)S(C)(=O)=O. The normalized spacial score (nSPS) is 12.1. The monoisotopic (exact) mass is 557 g/mol. The first kappa shape index (κ1) is 29.7. The molecule has 0 bridgehead atoms. The van der Waals surface area contributed by atoms with E-state index in [0.29, 0.717) is 23.7 Å². The number of nitrogens with zero attached hydrogens (tertiary/aromatic N) is 2. The third kappa shape index (κ3) is 8.28. The molecular formula is C25H33Cl2N3O5S. The molecule has 198 valence electrons. The summed E-state index contributed by atoms with van der Waals surface area (Å²) < 4.78 is 31.3. The van der Waals surface area contributed by atoms with E-state index in [1.54, 1.807) is 30.2 Å². The number of halogens is 2. The molecule has 2 aromatic rings. The first-order chi connectivity index (χ1) is 17.0. The van der Waals surface area contributed by atoms with Gasteiger partial charge < -0.3 is 15.0 Å². The molecule has 1 unspecified atom stereocenters. The lowest BCUT2D eigenvalue weighted by molar-refractivity contribution is -0.141. The predicted molar refractivity (Wildman–Crippen MR) is 144 cm³/mol. The zero-order valence-corrected chi connectivity index (χ0v) is 23.3. The van der Waals surface area contributed by atoms with E-state index in [2.05, 4.69) is 5.32 Å². The average molecular weight is 559 g/mol. The Morgan fingerprint density at radius 3 is 2.31 bits per heavy atom. The molecule has 1 atom stereocenters. The van der Waals surface area contributed by atoms with E-state index < -0.39 is 16.1 Å². The van der Waals surface area contributed by atoms with E-state index in [1.807, 2.05) is 26.0 Å². The van der Waals surface area contributed by atoms with Crippen LogP contribution < -0.4 is 14.4 Å². The van der Waals surface area contributed by atoms with Crippen molar-refractivity contribution in [1.82, 2.24) is 10.2 Å². The maximum atomic E-state index is 13.4. The number of hydrogen-bond donors (Lipinski definition) is 1. The molecule has 0 aliphatic heterocycles. The predicted octanol–water partition coefficient (Wildman–Crippen LogP) is 4.49. The van der Waals surface area contributed by atoms with Gasteiger partial charge in [-0.15, -0.1) is 0 Å². The highest BCUT2D eigenvalue weighted by Gasteiger charge is 2.29. The number of methoxy groups -OCH3 is 1. The first-order valence-electron chi connectivity index (χ1n) is 11.6. The molecule has 11 heteroatoms. The Hall–Kier alpha value is -2.49. The van der Waals surface area contributed by atoms with E-state index in [-0.39, 0.29) is 48.5 Å². The van der Waals surface area contributed by atoms with Gasteiger partial charge in [-0.2, -0.15) is 0 Å². The first-order valence-corrected chi connectivity index (χ1v) is 14.2. The van der Waals surface area contributed by atoms with Crippen molar-refractivity contribution in [2.75, 3.05) is 30.8 Å². The Kier molecular flexibility index (Phi) is 11.3. The number of rotatable bonds is 13. The van der Waals surface area contributed by atoms with Crippen molar-refractivity contribution in [3.63, 3.8) is 0 Å². The molecule has 0 radical (unpaired) electrons. The second-order valence-electron chi connectivity index (χ2n) is 8.22. The third-order valence-electron chi connectivity index (χ3n) is 5.58. The number of carbonyl (C=O) groups excluding carboxylic acids is 2. The Balaban J connectivity index is 2.23. The number of nitrogens with one attached hydrogen (secondary N) is 1. The molecule has 2 rings (SSSR count). The molecule has 0 aliphatic carbocycles. The van der Waals surface area contributed by atoms with Crippen molar-refractivity contribution in [3.8, 4) is 5.75 Å². The van der Waals surface area contributed by atoms with Crippen LogP contribution in [-0.2, 0) is 26.2 Å². The Morgan fingerprint density at radius 2 is 1.75 bits per heavy atom. The molecule has 0 heterocycles. The smallest absolute Gasteiger partial charge is 0.242 e. The molecule has 0 aliphatic rings. The van der Waals surface area contributed by atoms with Crippen molar-refractivity contribution in [2.24, 2.45) is 0 Å². The lowest BCUT2D eigenvalue weighted by Gasteiger charge is -2.31. The maximum Gasteiger partial charge on any atom is 0.242 e. The van der Waals surface area contributed by atoms with Gasteiger partial charge in [0.25, 0.3) is 0 Å². The molecule has 0 saturated heterocycles. The van der Waals surface area contributed by atoms with Crippen LogP contribution in [-0.4, -0.2) is 57.6 Å². The number of sulfonamides is 1. The highest BCUT2D eigenvalue weighted by atomic mass is 35.5. The van der Waals surface area contributed by atoms with Gasteiger partial charge in [-0.25, -0.2) is 8.42 Å². The molecule has 0 spiro atoms. The largest absolute Gasteiger partial charge is 0.497 e. The Bertz CT molecular complexity index is 1140. The summed E-state index contributed by atoms with van der Waals surface area (Å²) in [5.74, 6) is 0.202. The summed E-state index contributed by atoms with van der Waals surface area (Å²) in [4.78, 5) is 27.7. The third-order valence-corrected chi connectivity index (χ3v) is 7.31. The Morgan fingerprint density at radius 1 is 1.08 bits per heavy atom. The van der Waals surface area contributed by atoms with Crippen LogP contribution in [0.2, 0.25) is 10.0 Å². The van der Waals surface area contributed by atoms with Crippen LogP contribution in [0.25, 0.3) is 0 Å². The second kappa shape index (κ2) is 13.7. The molecule has 2 aromatic carbocycles. The molecule has 0 fully saturated rings. The van der Waals surface area contributed by atoms with E-state index in [0.717, 1.165) is 16.1 Å². The van der Waals surface area contributed by atoms with Crippen LogP contribution in [0.3, 0.4) is 0 Å². The standard InChI is InChI=1S/C25H33Cl2N3O5S/c1-5-22(25(32)28-6-2)29(17-18-9-12-20(35-3)13-10-18)24(31)8-7-15-30(36(4,33)34)23-16-19(26)11-14-21(23)27/h9-14,16,22H,5-8,15,17H2,1-4H3,(H,28,32). The fourth-order valence-electron chi connectivity index (χ4n) is 3.80.